The molecule has 30 heavy (non-hydrogen) atoms. The van der Waals surface area contributed by atoms with Crippen molar-refractivity contribution in [3.05, 3.63) is 65.2 Å². The van der Waals surface area contributed by atoms with E-state index in [2.05, 4.69) is 27.3 Å². The van der Waals surface area contributed by atoms with Crippen LogP contribution < -0.4 is 10.1 Å². The fourth-order valence-corrected chi connectivity index (χ4v) is 3.64. The summed E-state index contributed by atoms with van der Waals surface area (Å²) >= 11 is 0. The van der Waals surface area contributed by atoms with Crippen molar-refractivity contribution in [2.45, 2.75) is 18.9 Å². The minimum absolute atomic E-state index is 0. The van der Waals surface area contributed by atoms with Crippen LogP contribution in [0.5, 0.6) is 5.75 Å². The Bertz CT molecular complexity index is 851. The van der Waals surface area contributed by atoms with Crippen molar-refractivity contribution in [2.24, 2.45) is 4.99 Å². The van der Waals surface area contributed by atoms with Gasteiger partial charge in [0.2, 0.25) is 0 Å². The Morgan fingerprint density at radius 3 is 2.40 bits per heavy atom. The van der Waals surface area contributed by atoms with E-state index in [-0.39, 0.29) is 29.9 Å². The molecule has 3 rings (SSSR count). The maximum absolute atomic E-state index is 12.0. The summed E-state index contributed by atoms with van der Waals surface area (Å²) in [5, 5.41) is 3.45. The number of nitrogens with zero attached hydrogens (tertiary/aromatic N) is 3. The van der Waals surface area contributed by atoms with Gasteiger partial charge in [-0.25, -0.2) is 0 Å². The Labute approximate surface area is 196 Å². The minimum atomic E-state index is 0. The molecule has 6 nitrogen and oxygen atoms in total. The molecule has 2 aromatic rings. The molecule has 0 aliphatic carbocycles. The number of methoxy groups -OCH3 is 1. The first-order valence-electron chi connectivity index (χ1n) is 9.92. The van der Waals surface area contributed by atoms with E-state index < -0.39 is 0 Å². The summed E-state index contributed by atoms with van der Waals surface area (Å²) in [7, 11) is 7.03. The third kappa shape index (κ3) is 5.87. The number of aliphatic imine (C=N–C) groups is 1. The third-order valence-electron chi connectivity index (χ3n) is 5.34. The highest BCUT2D eigenvalue weighted by Crippen LogP contribution is 2.28. The number of amides is 1. The number of likely N-dealkylation sites (tertiary alicyclic amines) is 1. The quantitative estimate of drug-likeness (QED) is 0.371. The van der Waals surface area contributed by atoms with Crippen LogP contribution in [0.15, 0.2) is 53.5 Å². The number of hydrogen-bond acceptors (Lipinski definition) is 3. The maximum Gasteiger partial charge on any atom is 0.253 e. The number of ether oxygens (including phenoxy) is 1. The molecule has 0 radical (unpaired) electrons. The minimum Gasteiger partial charge on any atom is -0.497 e. The van der Waals surface area contributed by atoms with Crippen molar-refractivity contribution in [1.29, 1.82) is 0 Å². The number of benzene rings is 2. The van der Waals surface area contributed by atoms with Gasteiger partial charge in [0.25, 0.3) is 5.91 Å². The van der Waals surface area contributed by atoms with Crippen LogP contribution in [0.3, 0.4) is 0 Å². The first-order chi connectivity index (χ1) is 14.0. The monoisotopic (exact) mass is 522 g/mol. The van der Waals surface area contributed by atoms with E-state index >= 15 is 0 Å². The molecular formula is C23H31IN4O2. The van der Waals surface area contributed by atoms with Gasteiger partial charge in [0, 0.05) is 52.3 Å². The maximum atomic E-state index is 12.0. The smallest absolute Gasteiger partial charge is 0.253 e. The number of rotatable bonds is 5. The van der Waals surface area contributed by atoms with E-state index in [9.17, 15) is 4.79 Å². The number of hydrogen-bond donors (Lipinski definition) is 1. The van der Waals surface area contributed by atoms with Crippen molar-refractivity contribution >= 4 is 35.8 Å². The normalized spacial score (nSPS) is 16.1. The third-order valence-corrected chi connectivity index (χ3v) is 5.34. The van der Waals surface area contributed by atoms with Gasteiger partial charge in [0.1, 0.15) is 5.75 Å². The Morgan fingerprint density at radius 1 is 1.17 bits per heavy atom. The molecule has 1 heterocycles. The van der Waals surface area contributed by atoms with Gasteiger partial charge in [-0.05, 0) is 41.8 Å². The number of halogens is 1. The first-order valence-corrected chi connectivity index (χ1v) is 9.92. The molecule has 2 aromatic carbocycles. The highest BCUT2D eigenvalue weighted by Gasteiger charge is 2.26. The van der Waals surface area contributed by atoms with E-state index in [1.165, 1.54) is 5.56 Å². The average Bonchev–Trinajstić information content (AvgIpc) is 3.24. The SMILES string of the molecule is CN=C(NCc1ccc(C(=O)N(C)C)cc1)N1CCC(c2ccc(OC)cc2)C1.I. The largest absolute Gasteiger partial charge is 0.497 e. The molecule has 1 unspecified atom stereocenters. The van der Waals surface area contributed by atoms with Crippen molar-refractivity contribution in [2.75, 3.05) is 41.3 Å². The second kappa shape index (κ2) is 11.2. The van der Waals surface area contributed by atoms with Crippen LogP contribution in [-0.2, 0) is 6.54 Å². The van der Waals surface area contributed by atoms with Crippen molar-refractivity contribution in [3.63, 3.8) is 0 Å². The van der Waals surface area contributed by atoms with Crippen LogP contribution in [0.1, 0.15) is 33.8 Å². The summed E-state index contributed by atoms with van der Waals surface area (Å²) in [6.45, 7) is 2.60. The zero-order valence-corrected chi connectivity index (χ0v) is 20.4. The Morgan fingerprint density at radius 2 is 1.83 bits per heavy atom. The van der Waals surface area contributed by atoms with Gasteiger partial charge in [0.15, 0.2) is 5.96 Å². The molecular weight excluding hydrogens is 491 g/mol. The molecule has 0 saturated carbocycles. The first kappa shape index (κ1) is 24.0. The lowest BCUT2D eigenvalue weighted by molar-refractivity contribution is 0.0827. The van der Waals surface area contributed by atoms with Crippen LogP contribution in [-0.4, -0.2) is 63.0 Å². The summed E-state index contributed by atoms with van der Waals surface area (Å²) in [6, 6.07) is 16.1. The molecule has 0 spiro atoms. The molecule has 1 saturated heterocycles. The van der Waals surface area contributed by atoms with E-state index in [1.807, 2.05) is 43.4 Å². The fraction of sp³-hybridized carbons (Fsp3) is 0.391. The molecule has 1 aliphatic heterocycles. The molecule has 1 atom stereocenters. The number of carbonyl (C=O) groups excluding carboxylic acids is 1. The highest BCUT2D eigenvalue weighted by molar-refractivity contribution is 14.0. The van der Waals surface area contributed by atoms with Crippen LogP contribution in [0.25, 0.3) is 0 Å². The average molecular weight is 522 g/mol. The van der Waals surface area contributed by atoms with Gasteiger partial charge >= 0.3 is 0 Å². The van der Waals surface area contributed by atoms with Crippen LogP contribution in [0.4, 0.5) is 0 Å². The summed E-state index contributed by atoms with van der Waals surface area (Å²) in [4.78, 5) is 20.4. The van der Waals surface area contributed by atoms with Crippen LogP contribution in [0, 0.1) is 0 Å². The lowest BCUT2D eigenvalue weighted by Crippen LogP contribution is -2.39. The summed E-state index contributed by atoms with van der Waals surface area (Å²) in [6.07, 6.45) is 1.11. The molecule has 1 aliphatic rings. The molecule has 1 fully saturated rings. The van der Waals surface area contributed by atoms with E-state index in [0.717, 1.165) is 36.8 Å². The number of guanidine groups is 1. The predicted molar refractivity (Wildman–Crippen MR) is 132 cm³/mol. The molecule has 0 aromatic heterocycles. The van der Waals surface area contributed by atoms with Crippen LogP contribution >= 0.6 is 24.0 Å². The topological polar surface area (TPSA) is 57.2 Å². The zero-order chi connectivity index (χ0) is 20.8. The Kier molecular flexibility index (Phi) is 8.95. The predicted octanol–water partition coefficient (Wildman–Crippen LogP) is 3.58. The lowest BCUT2D eigenvalue weighted by Gasteiger charge is -2.22. The van der Waals surface area contributed by atoms with Crippen molar-refractivity contribution in [1.82, 2.24) is 15.1 Å². The summed E-state index contributed by atoms with van der Waals surface area (Å²) in [5.41, 5.74) is 3.15. The van der Waals surface area contributed by atoms with Gasteiger partial charge in [-0.15, -0.1) is 24.0 Å². The number of nitrogens with one attached hydrogen (secondary N) is 1. The molecule has 1 N–H and O–H groups in total. The van der Waals surface area contributed by atoms with Gasteiger partial charge in [-0.2, -0.15) is 0 Å². The second-order valence-electron chi connectivity index (χ2n) is 7.50. The van der Waals surface area contributed by atoms with Crippen molar-refractivity contribution < 1.29 is 9.53 Å². The van der Waals surface area contributed by atoms with Gasteiger partial charge in [-0.3, -0.25) is 9.79 Å². The van der Waals surface area contributed by atoms with Gasteiger partial charge in [0.05, 0.1) is 7.11 Å². The zero-order valence-electron chi connectivity index (χ0n) is 18.1. The van der Waals surface area contributed by atoms with Crippen LogP contribution in [0.2, 0.25) is 0 Å². The lowest BCUT2D eigenvalue weighted by atomic mass is 9.98. The highest BCUT2D eigenvalue weighted by atomic mass is 127. The fourth-order valence-electron chi connectivity index (χ4n) is 3.64. The van der Waals surface area contributed by atoms with E-state index in [1.54, 1.807) is 26.1 Å². The summed E-state index contributed by atoms with van der Waals surface area (Å²) < 4.78 is 5.25. The number of carbonyl (C=O) groups is 1. The van der Waals surface area contributed by atoms with E-state index in [4.69, 9.17) is 4.74 Å². The summed E-state index contributed by atoms with van der Waals surface area (Å²) in [5.74, 6) is 2.31. The van der Waals surface area contributed by atoms with Gasteiger partial charge in [-0.1, -0.05) is 24.3 Å². The Hall–Kier alpha value is -2.29. The second-order valence-corrected chi connectivity index (χ2v) is 7.50. The molecule has 1 amide bonds. The molecule has 7 heteroatoms. The molecule has 162 valence electrons. The standard InChI is InChI=1S/C23H30N4O2.HI/c1-24-23(25-15-17-5-7-19(8-6-17)22(28)26(2)3)27-14-13-20(16-27)18-9-11-21(29-4)12-10-18;/h5-12,20H,13-16H2,1-4H3,(H,24,25);1H. The van der Waals surface area contributed by atoms with Gasteiger partial charge < -0.3 is 19.9 Å². The van der Waals surface area contributed by atoms with E-state index in [0.29, 0.717) is 18.0 Å². The Balaban J connectivity index is 0.00000320. The molecule has 0 bridgehead atoms. The van der Waals surface area contributed by atoms with Crippen molar-refractivity contribution in [3.8, 4) is 5.75 Å².